The minimum absolute atomic E-state index is 0.0234. The number of allylic oxidation sites excluding steroid dienone is 6. The van der Waals surface area contributed by atoms with E-state index in [0.29, 0.717) is 6.42 Å². The van der Waals surface area contributed by atoms with E-state index < -0.39 is 17.9 Å². The number of rotatable bonds is 18. The lowest BCUT2D eigenvalue weighted by molar-refractivity contribution is -0.142. The maximum atomic E-state index is 11.8. The van der Waals surface area contributed by atoms with Gasteiger partial charge in [-0.2, -0.15) is 0 Å². The van der Waals surface area contributed by atoms with Gasteiger partial charge in [-0.15, -0.1) is 0 Å². The summed E-state index contributed by atoms with van der Waals surface area (Å²) in [5.74, 6) is -2.00. The molecule has 0 rings (SSSR count). The molecule has 0 fully saturated rings. The van der Waals surface area contributed by atoms with Gasteiger partial charge < -0.3 is 16.2 Å². The van der Waals surface area contributed by atoms with Crippen LogP contribution in [0, 0.1) is 0 Å². The first-order valence-electron chi connectivity index (χ1n) is 10.7. The van der Waals surface area contributed by atoms with E-state index in [1.807, 2.05) is 0 Å². The van der Waals surface area contributed by atoms with E-state index in [9.17, 15) is 14.4 Å². The van der Waals surface area contributed by atoms with Crippen LogP contribution in [0.25, 0.3) is 0 Å². The highest BCUT2D eigenvalue weighted by molar-refractivity contribution is 5.84. The standard InChI is InChI=1S/C23H38N2O4/c1-2-3-4-5-6-7-8-9-10-11-12-13-14-15-16-17-22(27)25-20(23(28)29)18-19-21(24)26/h3-4,6-7,9-10,20H,2,5,8,11-19H2,1H3,(H2,24,26)(H,25,27)(H,28,29)/t20-/m1/s1. The van der Waals surface area contributed by atoms with Crippen LogP contribution in [-0.2, 0) is 14.4 Å². The first-order valence-corrected chi connectivity index (χ1v) is 10.7. The Morgan fingerprint density at radius 2 is 1.45 bits per heavy atom. The Morgan fingerprint density at radius 1 is 0.862 bits per heavy atom. The lowest BCUT2D eigenvalue weighted by atomic mass is 10.1. The van der Waals surface area contributed by atoms with Crippen LogP contribution < -0.4 is 11.1 Å². The summed E-state index contributed by atoms with van der Waals surface area (Å²) in [7, 11) is 0. The monoisotopic (exact) mass is 406 g/mol. The van der Waals surface area contributed by atoms with Gasteiger partial charge in [-0.3, -0.25) is 9.59 Å². The molecule has 2 amide bonds. The lowest BCUT2D eigenvalue weighted by Gasteiger charge is -2.13. The van der Waals surface area contributed by atoms with Gasteiger partial charge in [0.25, 0.3) is 0 Å². The van der Waals surface area contributed by atoms with E-state index in [-0.39, 0.29) is 18.7 Å². The number of unbranched alkanes of at least 4 members (excludes halogenated alkanes) is 5. The van der Waals surface area contributed by atoms with Crippen molar-refractivity contribution in [1.29, 1.82) is 0 Å². The SMILES string of the molecule is CCC=CCC=CCC=CCCCCCCCC(=O)N[C@H](CCC(N)=O)C(=O)O. The molecule has 0 saturated heterocycles. The Labute approximate surface area is 175 Å². The van der Waals surface area contributed by atoms with Gasteiger partial charge in [-0.25, -0.2) is 4.79 Å². The van der Waals surface area contributed by atoms with Crippen LogP contribution in [0.2, 0.25) is 0 Å². The molecular formula is C23H38N2O4. The highest BCUT2D eigenvalue weighted by Gasteiger charge is 2.20. The van der Waals surface area contributed by atoms with Gasteiger partial charge in [-0.1, -0.05) is 62.6 Å². The van der Waals surface area contributed by atoms with Crippen molar-refractivity contribution in [3.8, 4) is 0 Å². The maximum Gasteiger partial charge on any atom is 0.326 e. The zero-order chi connectivity index (χ0) is 21.7. The lowest BCUT2D eigenvalue weighted by Crippen LogP contribution is -2.41. The molecular weight excluding hydrogens is 368 g/mol. The Hall–Kier alpha value is -2.37. The molecule has 6 heteroatoms. The summed E-state index contributed by atoms with van der Waals surface area (Å²) in [5, 5.41) is 11.5. The third kappa shape index (κ3) is 18.7. The number of carboxylic acid groups (broad SMARTS) is 1. The van der Waals surface area contributed by atoms with Crippen molar-refractivity contribution < 1.29 is 19.5 Å². The highest BCUT2D eigenvalue weighted by atomic mass is 16.4. The molecule has 4 N–H and O–H groups in total. The van der Waals surface area contributed by atoms with E-state index in [1.165, 1.54) is 0 Å². The molecule has 0 unspecified atom stereocenters. The van der Waals surface area contributed by atoms with E-state index >= 15 is 0 Å². The largest absolute Gasteiger partial charge is 0.480 e. The van der Waals surface area contributed by atoms with Gasteiger partial charge in [0.2, 0.25) is 11.8 Å². The molecule has 0 spiro atoms. The minimum atomic E-state index is -1.14. The molecule has 0 bridgehead atoms. The van der Waals surface area contributed by atoms with Crippen molar-refractivity contribution >= 4 is 17.8 Å². The fourth-order valence-corrected chi connectivity index (χ4v) is 2.72. The molecule has 0 aliphatic heterocycles. The zero-order valence-electron chi connectivity index (χ0n) is 17.8. The maximum absolute atomic E-state index is 11.8. The second-order valence-electron chi connectivity index (χ2n) is 7.06. The van der Waals surface area contributed by atoms with E-state index in [0.717, 1.165) is 57.8 Å². The zero-order valence-corrected chi connectivity index (χ0v) is 17.8. The Kier molecular flexibility index (Phi) is 17.4. The van der Waals surface area contributed by atoms with Gasteiger partial charge in [0.1, 0.15) is 6.04 Å². The second kappa shape index (κ2) is 19.0. The predicted molar refractivity (Wildman–Crippen MR) is 117 cm³/mol. The average molecular weight is 407 g/mol. The summed E-state index contributed by atoms with van der Waals surface area (Å²) < 4.78 is 0. The summed E-state index contributed by atoms with van der Waals surface area (Å²) in [6.07, 6.45) is 22.6. The number of nitrogens with two attached hydrogens (primary N) is 1. The number of hydrogen-bond donors (Lipinski definition) is 3. The first kappa shape index (κ1) is 26.6. The molecule has 0 aliphatic carbocycles. The Bertz CT molecular complexity index is 553. The number of carbonyl (C=O) groups excluding carboxylic acids is 2. The van der Waals surface area contributed by atoms with Crippen LogP contribution in [0.4, 0.5) is 0 Å². The third-order valence-corrected chi connectivity index (χ3v) is 4.37. The fourth-order valence-electron chi connectivity index (χ4n) is 2.72. The molecule has 0 heterocycles. The molecule has 164 valence electrons. The van der Waals surface area contributed by atoms with Crippen LogP contribution in [0.3, 0.4) is 0 Å². The highest BCUT2D eigenvalue weighted by Crippen LogP contribution is 2.08. The van der Waals surface area contributed by atoms with Crippen molar-refractivity contribution in [1.82, 2.24) is 5.32 Å². The van der Waals surface area contributed by atoms with Gasteiger partial charge in [-0.05, 0) is 44.9 Å². The number of hydrogen-bond acceptors (Lipinski definition) is 3. The van der Waals surface area contributed by atoms with Crippen molar-refractivity contribution in [3.63, 3.8) is 0 Å². The molecule has 29 heavy (non-hydrogen) atoms. The van der Waals surface area contributed by atoms with E-state index in [2.05, 4.69) is 48.7 Å². The summed E-state index contributed by atoms with van der Waals surface area (Å²) in [4.78, 5) is 33.7. The third-order valence-electron chi connectivity index (χ3n) is 4.37. The Morgan fingerprint density at radius 3 is 2.07 bits per heavy atom. The number of amides is 2. The van der Waals surface area contributed by atoms with Crippen LogP contribution in [-0.4, -0.2) is 28.9 Å². The van der Waals surface area contributed by atoms with Gasteiger partial charge in [0, 0.05) is 12.8 Å². The quantitative estimate of drug-likeness (QED) is 0.231. The molecule has 6 nitrogen and oxygen atoms in total. The number of aliphatic carboxylic acids is 1. The molecule has 0 saturated carbocycles. The topological polar surface area (TPSA) is 109 Å². The average Bonchev–Trinajstić information content (AvgIpc) is 2.67. The number of carbonyl (C=O) groups is 3. The summed E-state index contributed by atoms with van der Waals surface area (Å²) >= 11 is 0. The van der Waals surface area contributed by atoms with E-state index in [4.69, 9.17) is 10.8 Å². The van der Waals surface area contributed by atoms with Crippen molar-refractivity contribution in [2.45, 2.75) is 90.0 Å². The van der Waals surface area contributed by atoms with Crippen molar-refractivity contribution in [2.75, 3.05) is 0 Å². The molecule has 0 aromatic rings. The van der Waals surface area contributed by atoms with Gasteiger partial charge in [0.15, 0.2) is 0 Å². The number of nitrogens with one attached hydrogen (secondary N) is 1. The summed E-state index contributed by atoms with van der Waals surface area (Å²) in [6, 6.07) is -1.05. The molecule has 0 aromatic carbocycles. The van der Waals surface area contributed by atoms with Gasteiger partial charge >= 0.3 is 5.97 Å². The second-order valence-corrected chi connectivity index (χ2v) is 7.06. The predicted octanol–water partition coefficient (Wildman–Crippen LogP) is 4.41. The van der Waals surface area contributed by atoms with Crippen LogP contribution >= 0.6 is 0 Å². The first-order chi connectivity index (χ1) is 14.0. The van der Waals surface area contributed by atoms with Crippen LogP contribution in [0.5, 0.6) is 0 Å². The molecule has 0 aliphatic rings. The van der Waals surface area contributed by atoms with Crippen molar-refractivity contribution in [3.05, 3.63) is 36.5 Å². The normalized spacial score (nSPS) is 12.7. The number of carboxylic acids is 1. The fraction of sp³-hybridized carbons (Fsp3) is 0.609. The van der Waals surface area contributed by atoms with E-state index in [1.54, 1.807) is 0 Å². The van der Waals surface area contributed by atoms with Crippen molar-refractivity contribution in [2.24, 2.45) is 5.73 Å². The smallest absolute Gasteiger partial charge is 0.326 e. The van der Waals surface area contributed by atoms with Crippen LogP contribution in [0.1, 0.15) is 84.0 Å². The molecule has 1 atom stereocenters. The molecule has 0 aromatic heterocycles. The van der Waals surface area contributed by atoms with Gasteiger partial charge in [0.05, 0.1) is 0 Å². The molecule has 0 radical (unpaired) electrons. The summed E-state index contributed by atoms with van der Waals surface area (Å²) in [6.45, 7) is 2.13. The van der Waals surface area contributed by atoms with Crippen LogP contribution in [0.15, 0.2) is 36.5 Å². The summed E-state index contributed by atoms with van der Waals surface area (Å²) in [5.41, 5.74) is 5.02. The number of primary amides is 1. The Balaban J connectivity index is 3.65. The minimum Gasteiger partial charge on any atom is -0.480 e.